The molecule has 0 aromatic carbocycles. The molecule has 1 aliphatic heterocycles. The third-order valence-corrected chi connectivity index (χ3v) is 1.93. The normalized spacial score (nSPS) is 18.5. The number of amides is 1. The van der Waals surface area contributed by atoms with E-state index in [0.717, 1.165) is 0 Å². The van der Waals surface area contributed by atoms with E-state index in [1.807, 2.05) is 0 Å². The molecule has 7 heteroatoms. The van der Waals surface area contributed by atoms with Crippen LogP contribution in [0.2, 0.25) is 0 Å². The maximum atomic E-state index is 11.4. The maximum Gasteiger partial charge on any atom is 0.251 e. The summed E-state index contributed by atoms with van der Waals surface area (Å²) in [5, 5.41) is 12.4. The molecule has 0 aromatic heterocycles. The lowest BCUT2D eigenvalue weighted by molar-refractivity contribution is -0.143. The summed E-state index contributed by atoms with van der Waals surface area (Å²) in [6.07, 6.45) is -1.23. The molecular formula is C7H12N4O3. The van der Waals surface area contributed by atoms with Crippen LogP contribution in [-0.4, -0.2) is 54.9 Å². The first kappa shape index (κ1) is 10.8. The highest BCUT2D eigenvalue weighted by atomic mass is 16.5. The number of nitrogens with zero attached hydrogens (tertiary/aromatic N) is 4. The van der Waals surface area contributed by atoms with E-state index in [1.165, 1.54) is 4.90 Å². The van der Waals surface area contributed by atoms with Crippen molar-refractivity contribution in [1.29, 1.82) is 0 Å². The summed E-state index contributed by atoms with van der Waals surface area (Å²) in [5.41, 5.74) is 8.01. The van der Waals surface area contributed by atoms with Crippen LogP contribution in [0.1, 0.15) is 0 Å². The Morgan fingerprint density at radius 2 is 2.29 bits per heavy atom. The zero-order valence-electron chi connectivity index (χ0n) is 7.67. The minimum absolute atomic E-state index is 0.216. The van der Waals surface area contributed by atoms with Crippen molar-refractivity contribution < 1.29 is 14.6 Å². The predicted octanol–water partition coefficient (Wildman–Crippen LogP) is -0.484. The molecule has 1 atom stereocenters. The lowest BCUT2D eigenvalue weighted by atomic mass is 10.3. The largest absolute Gasteiger partial charge is 0.383 e. The fourth-order valence-electron chi connectivity index (χ4n) is 1.19. The standard InChI is InChI=1S/C7H12N4O3/c8-10-9-5-6(12)7(13)11-1-3-14-4-2-11/h6,12H,1-5H2/t6-/m1/s1. The van der Waals surface area contributed by atoms with Crippen LogP contribution in [0.5, 0.6) is 0 Å². The van der Waals surface area contributed by atoms with Crippen LogP contribution >= 0.6 is 0 Å². The Kier molecular flexibility index (Phi) is 4.18. The molecule has 1 heterocycles. The van der Waals surface area contributed by atoms with Crippen LogP contribution in [0.4, 0.5) is 0 Å². The van der Waals surface area contributed by atoms with Gasteiger partial charge in [0.25, 0.3) is 5.91 Å². The fraction of sp³-hybridized carbons (Fsp3) is 0.857. The second-order valence-corrected chi connectivity index (χ2v) is 2.87. The topological polar surface area (TPSA) is 98.5 Å². The molecule has 1 rings (SSSR count). The van der Waals surface area contributed by atoms with Gasteiger partial charge in [-0.2, -0.15) is 0 Å². The Morgan fingerprint density at radius 1 is 1.64 bits per heavy atom. The lowest BCUT2D eigenvalue weighted by Crippen LogP contribution is -2.46. The molecule has 0 unspecified atom stereocenters. The molecule has 0 spiro atoms. The molecule has 1 N–H and O–H groups in total. The van der Waals surface area contributed by atoms with E-state index >= 15 is 0 Å². The van der Waals surface area contributed by atoms with Gasteiger partial charge in [-0.25, -0.2) is 0 Å². The average Bonchev–Trinajstić information content (AvgIpc) is 2.26. The van der Waals surface area contributed by atoms with Crippen molar-refractivity contribution in [3.05, 3.63) is 10.4 Å². The van der Waals surface area contributed by atoms with Crippen molar-refractivity contribution >= 4 is 5.91 Å². The molecule has 0 aliphatic carbocycles. The van der Waals surface area contributed by atoms with Crippen LogP contribution in [0.3, 0.4) is 0 Å². The van der Waals surface area contributed by atoms with Crippen molar-refractivity contribution in [3.63, 3.8) is 0 Å². The summed E-state index contributed by atoms with van der Waals surface area (Å²) in [5.74, 6) is -0.402. The molecule has 0 radical (unpaired) electrons. The molecule has 78 valence electrons. The molecular weight excluding hydrogens is 188 g/mol. The minimum atomic E-state index is -1.23. The van der Waals surface area contributed by atoms with Gasteiger partial charge in [0.15, 0.2) is 0 Å². The van der Waals surface area contributed by atoms with E-state index in [-0.39, 0.29) is 6.54 Å². The number of morpholine rings is 1. The average molecular weight is 200 g/mol. The van der Waals surface area contributed by atoms with Crippen molar-refractivity contribution in [2.75, 3.05) is 32.8 Å². The van der Waals surface area contributed by atoms with Crippen LogP contribution in [0.25, 0.3) is 10.4 Å². The predicted molar refractivity (Wildman–Crippen MR) is 47.4 cm³/mol. The highest BCUT2D eigenvalue weighted by Gasteiger charge is 2.22. The van der Waals surface area contributed by atoms with Gasteiger partial charge in [-0.3, -0.25) is 4.79 Å². The first-order valence-electron chi connectivity index (χ1n) is 4.31. The Bertz CT molecular complexity index is 245. The van der Waals surface area contributed by atoms with Gasteiger partial charge in [0, 0.05) is 18.0 Å². The van der Waals surface area contributed by atoms with E-state index < -0.39 is 12.0 Å². The number of azide groups is 1. The van der Waals surface area contributed by atoms with E-state index in [0.29, 0.717) is 26.3 Å². The van der Waals surface area contributed by atoms with Crippen LogP contribution < -0.4 is 0 Å². The van der Waals surface area contributed by atoms with E-state index in [9.17, 15) is 9.90 Å². The number of hydrogen-bond acceptors (Lipinski definition) is 4. The smallest absolute Gasteiger partial charge is 0.251 e. The maximum absolute atomic E-state index is 11.4. The second-order valence-electron chi connectivity index (χ2n) is 2.87. The summed E-state index contributed by atoms with van der Waals surface area (Å²) in [6, 6.07) is 0. The van der Waals surface area contributed by atoms with E-state index in [2.05, 4.69) is 10.0 Å². The van der Waals surface area contributed by atoms with Gasteiger partial charge in [0.05, 0.1) is 19.8 Å². The minimum Gasteiger partial charge on any atom is -0.383 e. The molecule has 1 aliphatic rings. The summed E-state index contributed by atoms with van der Waals surface area (Å²) in [7, 11) is 0. The number of carbonyl (C=O) groups is 1. The SMILES string of the molecule is [N-]=[N+]=NC[C@@H](O)C(=O)N1CCOCC1. The molecule has 7 nitrogen and oxygen atoms in total. The molecule has 0 saturated carbocycles. The third kappa shape index (κ3) is 2.88. The number of ether oxygens (including phenoxy) is 1. The third-order valence-electron chi connectivity index (χ3n) is 1.93. The van der Waals surface area contributed by atoms with Gasteiger partial charge < -0.3 is 14.7 Å². The van der Waals surface area contributed by atoms with Crippen molar-refractivity contribution in [1.82, 2.24) is 4.90 Å². The number of rotatable bonds is 3. The highest BCUT2D eigenvalue weighted by Crippen LogP contribution is 2.01. The lowest BCUT2D eigenvalue weighted by Gasteiger charge is -2.28. The van der Waals surface area contributed by atoms with Gasteiger partial charge in [0.1, 0.15) is 6.10 Å². The highest BCUT2D eigenvalue weighted by molar-refractivity contribution is 5.81. The molecule has 14 heavy (non-hydrogen) atoms. The van der Waals surface area contributed by atoms with Gasteiger partial charge in [0.2, 0.25) is 0 Å². The summed E-state index contributed by atoms with van der Waals surface area (Å²) >= 11 is 0. The van der Waals surface area contributed by atoms with Gasteiger partial charge in [-0.05, 0) is 5.53 Å². The Balaban J connectivity index is 2.41. The summed E-state index contributed by atoms with van der Waals surface area (Å²) in [4.78, 5) is 15.4. The van der Waals surface area contributed by atoms with Gasteiger partial charge in [-0.15, -0.1) is 0 Å². The fourth-order valence-corrected chi connectivity index (χ4v) is 1.19. The second kappa shape index (κ2) is 5.43. The zero-order valence-corrected chi connectivity index (χ0v) is 7.67. The van der Waals surface area contributed by atoms with E-state index in [4.69, 9.17) is 10.3 Å². The first-order chi connectivity index (χ1) is 6.75. The van der Waals surface area contributed by atoms with Gasteiger partial charge >= 0.3 is 0 Å². The molecule has 1 fully saturated rings. The molecule has 1 amide bonds. The van der Waals surface area contributed by atoms with Crippen molar-refractivity contribution in [2.45, 2.75) is 6.10 Å². The Morgan fingerprint density at radius 3 is 2.86 bits per heavy atom. The zero-order chi connectivity index (χ0) is 10.4. The molecule has 0 aromatic rings. The monoisotopic (exact) mass is 200 g/mol. The van der Waals surface area contributed by atoms with Crippen LogP contribution in [0, 0.1) is 0 Å². The van der Waals surface area contributed by atoms with Crippen LogP contribution in [-0.2, 0) is 9.53 Å². The Labute approximate surface area is 80.9 Å². The number of hydrogen-bond donors (Lipinski definition) is 1. The molecule has 0 bridgehead atoms. The Hall–Kier alpha value is -1.30. The van der Waals surface area contributed by atoms with Crippen LogP contribution in [0.15, 0.2) is 5.11 Å². The number of aliphatic hydroxyl groups excluding tert-OH is 1. The molecule has 1 saturated heterocycles. The van der Waals surface area contributed by atoms with Gasteiger partial charge in [-0.1, -0.05) is 5.11 Å². The van der Waals surface area contributed by atoms with E-state index in [1.54, 1.807) is 0 Å². The first-order valence-corrected chi connectivity index (χ1v) is 4.31. The number of aliphatic hydroxyl groups is 1. The van der Waals surface area contributed by atoms with Crippen molar-refractivity contribution in [3.8, 4) is 0 Å². The summed E-state index contributed by atoms with van der Waals surface area (Å²) < 4.78 is 5.05. The number of carbonyl (C=O) groups excluding carboxylic acids is 1. The quantitative estimate of drug-likeness (QED) is 0.378. The van der Waals surface area contributed by atoms with Crippen molar-refractivity contribution in [2.24, 2.45) is 5.11 Å². The summed E-state index contributed by atoms with van der Waals surface area (Å²) in [6.45, 7) is 1.71.